The second kappa shape index (κ2) is 7.23. The van der Waals surface area contributed by atoms with Gasteiger partial charge in [-0.05, 0) is 26.8 Å². The lowest BCUT2D eigenvalue weighted by Gasteiger charge is -2.29. The summed E-state index contributed by atoms with van der Waals surface area (Å²) in [5, 5.41) is 8.06. The van der Waals surface area contributed by atoms with Crippen molar-refractivity contribution in [2.24, 2.45) is 0 Å². The van der Waals surface area contributed by atoms with Crippen LogP contribution in [-0.4, -0.2) is 51.0 Å². The van der Waals surface area contributed by atoms with Crippen LogP contribution in [0.15, 0.2) is 29.3 Å². The van der Waals surface area contributed by atoms with E-state index in [4.69, 9.17) is 4.74 Å². The summed E-state index contributed by atoms with van der Waals surface area (Å²) in [5.74, 6) is 1.35. The highest BCUT2D eigenvalue weighted by Crippen LogP contribution is 2.21. The van der Waals surface area contributed by atoms with Crippen LogP contribution in [-0.2, 0) is 16.8 Å². The molecule has 148 valence electrons. The third-order valence-corrected chi connectivity index (χ3v) is 4.70. The number of H-pyrrole nitrogens is 1. The van der Waals surface area contributed by atoms with Gasteiger partial charge in [0.2, 0.25) is 5.95 Å². The van der Waals surface area contributed by atoms with Crippen LogP contribution in [0.2, 0.25) is 0 Å². The van der Waals surface area contributed by atoms with Crippen LogP contribution in [0.4, 0.5) is 11.8 Å². The highest BCUT2D eigenvalue weighted by atomic mass is 16.5. The number of nitrogens with zero attached hydrogens (tertiary/aromatic N) is 5. The largest absolute Gasteiger partial charge is 0.378 e. The Balaban J connectivity index is 1.61. The van der Waals surface area contributed by atoms with E-state index in [1.54, 1.807) is 17.1 Å². The Morgan fingerprint density at radius 3 is 2.82 bits per heavy atom. The lowest BCUT2D eigenvalue weighted by Crippen LogP contribution is -2.37. The van der Waals surface area contributed by atoms with E-state index >= 15 is 0 Å². The van der Waals surface area contributed by atoms with E-state index in [0.29, 0.717) is 36.7 Å². The van der Waals surface area contributed by atoms with Crippen LogP contribution in [0, 0.1) is 0 Å². The summed E-state index contributed by atoms with van der Waals surface area (Å²) in [4.78, 5) is 26.6. The predicted molar refractivity (Wildman–Crippen MR) is 108 cm³/mol. The molecule has 0 atom stereocenters. The quantitative estimate of drug-likeness (QED) is 0.707. The van der Waals surface area contributed by atoms with Crippen molar-refractivity contribution in [3.63, 3.8) is 0 Å². The summed E-state index contributed by atoms with van der Waals surface area (Å²) in [7, 11) is 0. The lowest BCUT2D eigenvalue weighted by atomic mass is 10.1. The number of hydrogen-bond donors (Lipinski definition) is 2. The maximum absolute atomic E-state index is 12.4. The molecule has 0 aromatic carbocycles. The van der Waals surface area contributed by atoms with Gasteiger partial charge in [-0.2, -0.15) is 10.1 Å². The van der Waals surface area contributed by atoms with Crippen LogP contribution in [0.1, 0.15) is 26.3 Å². The Morgan fingerprint density at radius 1 is 1.29 bits per heavy atom. The van der Waals surface area contributed by atoms with Gasteiger partial charge in [-0.3, -0.25) is 9.78 Å². The van der Waals surface area contributed by atoms with Crippen LogP contribution >= 0.6 is 0 Å². The maximum atomic E-state index is 12.4. The van der Waals surface area contributed by atoms with Crippen molar-refractivity contribution in [1.82, 2.24) is 24.7 Å². The second-order valence-electron chi connectivity index (χ2n) is 7.82. The van der Waals surface area contributed by atoms with E-state index in [-0.39, 0.29) is 11.1 Å². The van der Waals surface area contributed by atoms with Gasteiger partial charge in [0, 0.05) is 31.4 Å². The first-order valence-corrected chi connectivity index (χ1v) is 9.42. The number of pyridine rings is 1. The van der Waals surface area contributed by atoms with Crippen molar-refractivity contribution in [2.75, 3.05) is 36.5 Å². The Morgan fingerprint density at radius 2 is 2.07 bits per heavy atom. The maximum Gasteiger partial charge on any atom is 0.263 e. The minimum atomic E-state index is -0.271. The normalized spacial score (nSPS) is 15.2. The van der Waals surface area contributed by atoms with E-state index in [0.717, 1.165) is 24.5 Å². The van der Waals surface area contributed by atoms with E-state index in [1.807, 2.05) is 32.9 Å². The summed E-state index contributed by atoms with van der Waals surface area (Å²) in [6.45, 7) is 9.61. The minimum Gasteiger partial charge on any atom is -0.378 e. The molecule has 0 spiro atoms. The molecule has 9 heteroatoms. The Kier molecular flexibility index (Phi) is 4.76. The van der Waals surface area contributed by atoms with Gasteiger partial charge in [-0.25, -0.2) is 9.67 Å². The second-order valence-corrected chi connectivity index (χ2v) is 7.82. The van der Waals surface area contributed by atoms with Crippen LogP contribution in [0.25, 0.3) is 11.0 Å². The molecule has 1 aliphatic rings. The number of ether oxygens (including phenoxy) is 1. The van der Waals surface area contributed by atoms with E-state index in [9.17, 15) is 4.79 Å². The van der Waals surface area contributed by atoms with Gasteiger partial charge in [0.05, 0.1) is 24.9 Å². The highest BCUT2D eigenvalue weighted by Gasteiger charge is 2.20. The van der Waals surface area contributed by atoms with Gasteiger partial charge >= 0.3 is 0 Å². The monoisotopic (exact) mass is 383 g/mol. The summed E-state index contributed by atoms with van der Waals surface area (Å²) in [6.07, 6.45) is 3.36. The van der Waals surface area contributed by atoms with Crippen LogP contribution in [0.5, 0.6) is 0 Å². The molecule has 2 N–H and O–H groups in total. The van der Waals surface area contributed by atoms with Gasteiger partial charge in [-0.15, -0.1) is 0 Å². The molecule has 28 heavy (non-hydrogen) atoms. The average molecular weight is 383 g/mol. The smallest absolute Gasteiger partial charge is 0.263 e. The molecule has 0 aliphatic carbocycles. The van der Waals surface area contributed by atoms with Crippen LogP contribution in [0.3, 0.4) is 0 Å². The number of anilines is 2. The molecule has 0 saturated carbocycles. The topological polar surface area (TPSA) is 101 Å². The molecule has 0 unspecified atom stereocenters. The van der Waals surface area contributed by atoms with Gasteiger partial charge in [0.15, 0.2) is 5.65 Å². The molecule has 0 bridgehead atoms. The predicted octanol–water partition coefficient (Wildman–Crippen LogP) is 1.72. The fraction of sp³-hybridized carbons (Fsp3) is 0.474. The Bertz CT molecular complexity index is 1030. The average Bonchev–Trinajstić information content (AvgIpc) is 3.12. The van der Waals surface area contributed by atoms with Crippen molar-refractivity contribution in [1.29, 1.82) is 0 Å². The van der Waals surface area contributed by atoms with Gasteiger partial charge in [0.25, 0.3) is 5.56 Å². The zero-order chi connectivity index (χ0) is 19.7. The molecule has 3 aromatic rings. The minimum absolute atomic E-state index is 0.206. The van der Waals surface area contributed by atoms with Crippen molar-refractivity contribution >= 4 is 22.8 Å². The SMILES string of the molecule is CC(C)(C)n1ncc2c(=O)[nH]c(NCc3cccnc3N3CCOCC3)nc21. The standard InChI is InChI=1S/C19H25N7O2/c1-19(2,3)26-16-14(12-22-26)17(27)24-18(23-16)21-11-13-5-4-6-20-15(13)25-7-9-28-10-8-25/h4-6,12H,7-11H2,1-3H3,(H2,21,23,24,27). The molecule has 9 nitrogen and oxygen atoms in total. The fourth-order valence-corrected chi connectivity index (χ4v) is 3.30. The summed E-state index contributed by atoms with van der Waals surface area (Å²) in [5.41, 5.74) is 1.13. The first kappa shape index (κ1) is 18.4. The number of nitrogens with one attached hydrogen (secondary N) is 2. The van der Waals surface area contributed by atoms with E-state index in [1.165, 1.54) is 0 Å². The number of fused-ring (bicyclic) bond motifs is 1. The zero-order valence-electron chi connectivity index (χ0n) is 16.4. The number of aromatic amines is 1. The molecule has 0 amide bonds. The first-order chi connectivity index (χ1) is 13.4. The zero-order valence-corrected chi connectivity index (χ0v) is 16.4. The Labute approximate surface area is 162 Å². The molecule has 4 rings (SSSR count). The van der Waals surface area contributed by atoms with Crippen molar-refractivity contribution in [3.8, 4) is 0 Å². The van der Waals surface area contributed by atoms with Crippen molar-refractivity contribution in [3.05, 3.63) is 40.4 Å². The van der Waals surface area contributed by atoms with Crippen molar-refractivity contribution < 1.29 is 4.74 Å². The summed E-state index contributed by atoms with van der Waals surface area (Å²) >= 11 is 0. The van der Waals surface area contributed by atoms with E-state index < -0.39 is 0 Å². The number of rotatable bonds is 4. The third-order valence-electron chi connectivity index (χ3n) is 4.70. The lowest BCUT2D eigenvalue weighted by molar-refractivity contribution is 0.122. The molecular formula is C19H25N7O2. The molecule has 4 heterocycles. The van der Waals surface area contributed by atoms with Gasteiger partial charge < -0.3 is 15.0 Å². The van der Waals surface area contributed by atoms with Crippen LogP contribution < -0.4 is 15.8 Å². The van der Waals surface area contributed by atoms with Gasteiger partial charge in [0.1, 0.15) is 11.2 Å². The summed E-state index contributed by atoms with van der Waals surface area (Å²) in [6, 6.07) is 3.94. The van der Waals surface area contributed by atoms with Crippen molar-refractivity contribution in [2.45, 2.75) is 32.9 Å². The van der Waals surface area contributed by atoms with E-state index in [2.05, 4.69) is 30.3 Å². The number of morpholine rings is 1. The van der Waals surface area contributed by atoms with Gasteiger partial charge in [-0.1, -0.05) is 6.07 Å². The number of aromatic nitrogens is 5. The molecule has 1 saturated heterocycles. The fourth-order valence-electron chi connectivity index (χ4n) is 3.30. The molecule has 1 fully saturated rings. The Hall–Kier alpha value is -2.94. The first-order valence-electron chi connectivity index (χ1n) is 9.42. The molecule has 0 radical (unpaired) electrons. The molecular weight excluding hydrogens is 358 g/mol. The molecule has 1 aliphatic heterocycles. The molecule has 3 aromatic heterocycles. The highest BCUT2D eigenvalue weighted by molar-refractivity contribution is 5.74. The third kappa shape index (κ3) is 3.57. The number of hydrogen-bond acceptors (Lipinski definition) is 7. The summed E-state index contributed by atoms with van der Waals surface area (Å²) < 4.78 is 7.20.